The zero-order valence-corrected chi connectivity index (χ0v) is 21.4. The van der Waals surface area contributed by atoms with Crippen LogP contribution in [0.3, 0.4) is 0 Å². The number of imidazole rings is 1. The van der Waals surface area contributed by atoms with E-state index < -0.39 is 6.04 Å². The van der Waals surface area contributed by atoms with Gasteiger partial charge < -0.3 is 13.6 Å². The fourth-order valence-electron chi connectivity index (χ4n) is 4.75. The normalized spacial score (nSPS) is 12.1. The molecule has 0 aliphatic heterocycles. The molecule has 188 valence electrons. The molecule has 1 atom stereocenters. The Labute approximate surface area is 224 Å². The van der Waals surface area contributed by atoms with Gasteiger partial charge in [0.05, 0.1) is 11.9 Å². The fraction of sp³-hybridized carbons (Fsp3) is 0.100. The van der Waals surface area contributed by atoms with Crippen LogP contribution in [0, 0.1) is 0 Å². The third kappa shape index (κ3) is 4.48. The number of fused-ring (bicyclic) bond motifs is 1. The summed E-state index contributed by atoms with van der Waals surface area (Å²) in [5.74, 6) is 1.13. The molecular weight excluding hydrogens is 498 g/mol. The highest BCUT2D eigenvalue weighted by Crippen LogP contribution is 2.35. The lowest BCUT2D eigenvalue weighted by molar-refractivity contribution is -0.108. The van der Waals surface area contributed by atoms with E-state index in [1.54, 1.807) is 23.2 Å². The zero-order valence-electron chi connectivity index (χ0n) is 20.6. The molecule has 1 unspecified atom stereocenters. The van der Waals surface area contributed by atoms with Crippen LogP contribution in [0.2, 0.25) is 5.02 Å². The van der Waals surface area contributed by atoms with Crippen LogP contribution in [0.1, 0.15) is 17.6 Å². The molecule has 38 heavy (non-hydrogen) atoms. The molecule has 4 heterocycles. The third-order valence-corrected chi connectivity index (χ3v) is 6.92. The van der Waals surface area contributed by atoms with Crippen molar-refractivity contribution in [3.8, 4) is 16.9 Å². The Kier molecular flexibility index (Phi) is 6.27. The number of hydrogen-bond donors (Lipinski definition) is 0. The van der Waals surface area contributed by atoms with E-state index in [4.69, 9.17) is 21.0 Å². The standard InChI is InChI=1S/C30H24ClN5O2/c1-34-27(21-7-10-25(11-8-21)35-14-4-5-15-35)19-33-30(34)26(18-24-6-2-3-13-32-24)36(20-37)29-17-22-16-23(31)9-12-28(22)38-29/h2-17,19-20,26H,18H2,1H3. The molecule has 0 aliphatic rings. The van der Waals surface area contributed by atoms with Gasteiger partial charge in [-0.3, -0.25) is 14.7 Å². The van der Waals surface area contributed by atoms with Crippen molar-refractivity contribution in [1.29, 1.82) is 0 Å². The number of benzene rings is 2. The summed E-state index contributed by atoms with van der Waals surface area (Å²) in [5, 5.41) is 1.42. The van der Waals surface area contributed by atoms with E-state index in [-0.39, 0.29) is 0 Å². The first-order chi connectivity index (χ1) is 18.6. The molecule has 0 N–H and O–H groups in total. The highest BCUT2D eigenvalue weighted by atomic mass is 35.5. The minimum atomic E-state index is -0.462. The van der Waals surface area contributed by atoms with Gasteiger partial charge in [-0.1, -0.05) is 29.8 Å². The number of carbonyl (C=O) groups excluding carboxylic acids is 1. The average molecular weight is 522 g/mol. The fourth-order valence-corrected chi connectivity index (χ4v) is 4.93. The summed E-state index contributed by atoms with van der Waals surface area (Å²) >= 11 is 6.18. The van der Waals surface area contributed by atoms with E-state index >= 15 is 0 Å². The minimum Gasteiger partial charge on any atom is -0.440 e. The Bertz CT molecular complexity index is 1690. The van der Waals surface area contributed by atoms with Gasteiger partial charge in [0.15, 0.2) is 0 Å². The molecule has 0 saturated carbocycles. The Morgan fingerprint density at radius 2 is 1.82 bits per heavy atom. The maximum Gasteiger partial charge on any atom is 0.217 e. The summed E-state index contributed by atoms with van der Waals surface area (Å²) in [5.41, 5.74) is 4.52. The van der Waals surface area contributed by atoms with E-state index in [0.717, 1.165) is 34.4 Å². The molecule has 0 radical (unpaired) electrons. The van der Waals surface area contributed by atoms with Crippen molar-refractivity contribution in [1.82, 2.24) is 19.1 Å². The number of anilines is 1. The predicted molar refractivity (Wildman–Crippen MR) is 148 cm³/mol. The molecule has 0 saturated heterocycles. The van der Waals surface area contributed by atoms with Gasteiger partial charge in [-0.05, 0) is 60.2 Å². The first-order valence-electron chi connectivity index (χ1n) is 12.2. The highest BCUT2D eigenvalue weighted by Gasteiger charge is 2.29. The highest BCUT2D eigenvalue weighted by molar-refractivity contribution is 6.31. The molecular formula is C30H24ClN5O2. The van der Waals surface area contributed by atoms with Crippen molar-refractivity contribution in [2.45, 2.75) is 12.5 Å². The van der Waals surface area contributed by atoms with Gasteiger partial charge in [0.25, 0.3) is 0 Å². The quantitative estimate of drug-likeness (QED) is 0.211. The van der Waals surface area contributed by atoms with Gasteiger partial charge in [0.2, 0.25) is 12.3 Å². The molecule has 2 aromatic carbocycles. The number of carbonyl (C=O) groups is 1. The number of pyridine rings is 1. The summed E-state index contributed by atoms with van der Waals surface area (Å²) in [6, 6.07) is 24.8. The first kappa shape index (κ1) is 23.8. The molecule has 0 aliphatic carbocycles. The van der Waals surface area contributed by atoms with Gasteiger partial charge in [-0.15, -0.1) is 0 Å². The number of hydrogen-bond acceptors (Lipinski definition) is 4. The number of rotatable bonds is 8. The van der Waals surface area contributed by atoms with Crippen molar-refractivity contribution in [2.75, 3.05) is 4.90 Å². The van der Waals surface area contributed by atoms with Crippen LogP contribution in [0.25, 0.3) is 27.9 Å². The molecule has 0 fully saturated rings. The molecule has 4 aromatic heterocycles. The van der Waals surface area contributed by atoms with Crippen molar-refractivity contribution in [2.24, 2.45) is 7.05 Å². The van der Waals surface area contributed by atoms with Crippen LogP contribution in [-0.2, 0) is 18.3 Å². The number of aromatic nitrogens is 4. The van der Waals surface area contributed by atoms with Gasteiger partial charge in [0.1, 0.15) is 17.4 Å². The lowest BCUT2D eigenvalue weighted by atomic mass is 10.1. The molecule has 1 amide bonds. The van der Waals surface area contributed by atoms with Gasteiger partial charge >= 0.3 is 0 Å². The first-order valence-corrected chi connectivity index (χ1v) is 12.6. The maximum atomic E-state index is 12.6. The maximum absolute atomic E-state index is 12.6. The van der Waals surface area contributed by atoms with E-state index in [1.807, 2.05) is 72.7 Å². The molecule has 0 bridgehead atoms. The van der Waals surface area contributed by atoms with E-state index in [9.17, 15) is 4.79 Å². The Balaban J connectivity index is 1.40. The van der Waals surface area contributed by atoms with Crippen LogP contribution < -0.4 is 4.90 Å². The summed E-state index contributed by atoms with van der Waals surface area (Å²) in [6.07, 6.45) is 8.85. The number of amides is 1. The second-order valence-corrected chi connectivity index (χ2v) is 9.45. The lowest BCUT2D eigenvalue weighted by Crippen LogP contribution is -2.31. The molecule has 8 heteroatoms. The van der Waals surface area contributed by atoms with Crippen LogP contribution in [0.15, 0.2) is 108 Å². The molecule has 7 nitrogen and oxygen atoms in total. The Hall–Kier alpha value is -4.62. The van der Waals surface area contributed by atoms with Gasteiger partial charge in [-0.25, -0.2) is 4.98 Å². The van der Waals surface area contributed by atoms with Crippen LogP contribution >= 0.6 is 11.6 Å². The molecule has 0 spiro atoms. The van der Waals surface area contributed by atoms with E-state index in [0.29, 0.717) is 28.7 Å². The van der Waals surface area contributed by atoms with Crippen LogP contribution in [0.5, 0.6) is 0 Å². The summed E-state index contributed by atoms with van der Waals surface area (Å²) in [7, 11) is 1.96. The minimum absolute atomic E-state index is 0.416. The Morgan fingerprint density at radius 1 is 1.00 bits per heavy atom. The van der Waals surface area contributed by atoms with E-state index in [2.05, 4.69) is 33.8 Å². The SMILES string of the molecule is Cn1c(-c2ccc(-n3cccc3)cc2)cnc1C(Cc1ccccn1)N(C=O)c1cc2cc(Cl)ccc2o1. The van der Waals surface area contributed by atoms with Crippen LogP contribution in [0.4, 0.5) is 5.88 Å². The monoisotopic (exact) mass is 521 g/mol. The van der Waals surface area contributed by atoms with Crippen molar-refractivity contribution in [3.63, 3.8) is 0 Å². The largest absolute Gasteiger partial charge is 0.440 e. The number of halogens is 1. The summed E-state index contributed by atoms with van der Waals surface area (Å²) < 4.78 is 10.2. The zero-order chi connectivity index (χ0) is 26.1. The van der Waals surface area contributed by atoms with Crippen molar-refractivity contribution >= 4 is 34.9 Å². The predicted octanol–water partition coefficient (Wildman–Crippen LogP) is 6.62. The molecule has 6 aromatic rings. The third-order valence-electron chi connectivity index (χ3n) is 6.69. The van der Waals surface area contributed by atoms with Crippen molar-refractivity contribution in [3.05, 3.63) is 120 Å². The Morgan fingerprint density at radius 3 is 2.55 bits per heavy atom. The summed E-state index contributed by atoms with van der Waals surface area (Å²) in [6.45, 7) is 0. The van der Waals surface area contributed by atoms with E-state index in [1.165, 1.54) is 0 Å². The average Bonchev–Trinajstić information content (AvgIpc) is 3.69. The second-order valence-electron chi connectivity index (χ2n) is 9.02. The number of furan rings is 1. The number of nitrogens with zero attached hydrogens (tertiary/aromatic N) is 5. The van der Waals surface area contributed by atoms with Gasteiger partial charge in [0, 0.05) is 59.9 Å². The lowest BCUT2D eigenvalue weighted by Gasteiger charge is -2.26. The van der Waals surface area contributed by atoms with Gasteiger partial charge in [-0.2, -0.15) is 0 Å². The van der Waals surface area contributed by atoms with Crippen LogP contribution in [-0.4, -0.2) is 25.5 Å². The smallest absolute Gasteiger partial charge is 0.217 e. The second kappa shape index (κ2) is 10.0. The summed E-state index contributed by atoms with van der Waals surface area (Å²) in [4.78, 5) is 23.4. The topological polar surface area (TPSA) is 69.1 Å². The molecule has 6 rings (SSSR count). The van der Waals surface area contributed by atoms with Crippen molar-refractivity contribution < 1.29 is 9.21 Å².